The van der Waals surface area contributed by atoms with Gasteiger partial charge in [-0.25, -0.2) is 0 Å². The van der Waals surface area contributed by atoms with Gasteiger partial charge in [0.1, 0.15) is 0 Å². The first-order valence-electron chi connectivity index (χ1n) is 25.5. The van der Waals surface area contributed by atoms with Gasteiger partial charge in [-0.2, -0.15) is 0 Å². The van der Waals surface area contributed by atoms with Crippen molar-refractivity contribution in [3.05, 3.63) is 164 Å². The first-order valence-corrected chi connectivity index (χ1v) is 30.5. The monoisotopic (exact) mass is 1880 g/mol. The minimum atomic E-state index is -1.49. The zero-order chi connectivity index (χ0) is 62.7. The fourth-order valence-electron chi connectivity index (χ4n) is 7.11. The largest absolute Gasteiger partial charge is 1.00 e. The molecule has 0 aliphatic carbocycles. The van der Waals surface area contributed by atoms with E-state index in [-0.39, 0.29) is 123 Å². The summed E-state index contributed by atoms with van der Waals surface area (Å²) < 4.78 is 21.3. The number of aliphatic hydroxyl groups is 4. The third-order valence-electron chi connectivity index (χ3n) is 11.7. The second kappa shape index (κ2) is 41.4. The normalized spacial score (nSPS) is 14.9. The summed E-state index contributed by atoms with van der Waals surface area (Å²) in [4.78, 5) is 16.3. The summed E-state index contributed by atoms with van der Waals surface area (Å²) in [5.41, 5.74) is -1.97. The van der Waals surface area contributed by atoms with Crippen LogP contribution < -0.4 is 118 Å². The van der Waals surface area contributed by atoms with Crippen LogP contribution in [0.2, 0.25) is 0 Å². The van der Waals surface area contributed by atoms with E-state index in [0.29, 0.717) is 23.0 Å². The molecule has 8 rings (SSSR count). The molecule has 0 aliphatic heterocycles. The van der Waals surface area contributed by atoms with E-state index in [2.05, 4.69) is 124 Å². The van der Waals surface area contributed by atoms with Crippen LogP contribution in [-0.4, -0.2) is 106 Å². The van der Waals surface area contributed by atoms with Gasteiger partial charge in [0, 0.05) is 0 Å². The Morgan fingerprint density at radius 1 is 0.304 bits per heavy atom. The number of hydrogen-bond donors (Lipinski definition) is 8. The Balaban J connectivity index is -0.000000545. The summed E-state index contributed by atoms with van der Waals surface area (Å²) in [7, 11) is 0. The number of rotatable bonds is 16. The number of aliphatic hydroxyl groups excluding tert-OH is 4. The van der Waals surface area contributed by atoms with Gasteiger partial charge in [0.2, 0.25) is 0 Å². The zero-order valence-corrected chi connectivity index (χ0v) is 66.8. The number of nitrogens with one attached hydrogen (secondary N) is 4. The number of aromatic nitrogens is 12. The van der Waals surface area contributed by atoms with E-state index in [1.165, 1.54) is 25.3 Å². The van der Waals surface area contributed by atoms with Crippen molar-refractivity contribution in [2.24, 2.45) is 21.7 Å². The Hall–Kier alpha value is -1.20. The van der Waals surface area contributed by atoms with Gasteiger partial charge in [-0.1, -0.05) is 0 Å². The third kappa shape index (κ3) is 27.1. The second-order valence-electron chi connectivity index (χ2n) is 22.9. The van der Waals surface area contributed by atoms with Crippen molar-refractivity contribution in [1.82, 2.24) is 60.7 Å². The molecule has 4 heterocycles. The van der Waals surface area contributed by atoms with Crippen molar-refractivity contribution in [1.29, 1.82) is 0 Å². The number of ether oxygens (including phenoxy) is 4. The van der Waals surface area contributed by atoms with Gasteiger partial charge < -0.3 is 99.3 Å². The Kier molecular flexibility index (Phi) is 43.7. The maximum absolute atomic E-state index is 10.7. The Labute approximate surface area is 653 Å². The number of hydrogen-bond acceptors (Lipinski definition) is 16. The van der Waals surface area contributed by atoms with Crippen molar-refractivity contribution in [3.63, 3.8) is 0 Å². The summed E-state index contributed by atoms with van der Waals surface area (Å²) in [5, 5.41) is 69.0. The Morgan fingerprint density at radius 2 is 0.446 bits per heavy atom. The molecule has 0 amide bonds. The molecule has 0 saturated heterocycles. The van der Waals surface area contributed by atoms with Crippen molar-refractivity contribution < 1.29 is 203 Å². The number of aromatic amines is 4. The second-order valence-corrected chi connectivity index (χ2v) is 29.4. The van der Waals surface area contributed by atoms with E-state index in [9.17, 15) is 20.4 Å². The molecule has 0 bridgehead atoms. The summed E-state index contributed by atoms with van der Waals surface area (Å²) in [6.07, 6.45) is 1.71. The van der Waals surface area contributed by atoms with Crippen LogP contribution in [0, 0.1) is 21.7 Å². The quantitative estimate of drug-likeness (QED) is 0.0417. The molecule has 4 aromatic carbocycles. The minimum absolute atomic E-state index is 0. The first kappa shape index (κ1) is 97.2. The van der Waals surface area contributed by atoms with Gasteiger partial charge in [0.05, 0.1) is 0 Å². The molecule has 528 valence electrons. The molecule has 92 heavy (non-hydrogen) atoms. The predicted molar refractivity (Wildman–Crippen MR) is 313 cm³/mol. The fourth-order valence-corrected chi connectivity index (χ4v) is 10.7. The molecule has 20 nitrogen and oxygen atoms in total. The Morgan fingerprint density at radius 3 is 0.554 bits per heavy atom. The van der Waals surface area contributed by atoms with E-state index >= 15 is 0 Å². The van der Waals surface area contributed by atoms with E-state index in [0.717, 1.165) is 17.9 Å². The molecule has 0 radical (unpaired) electrons. The van der Waals surface area contributed by atoms with Crippen molar-refractivity contribution in [2.45, 2.75) is 125 Å². The van der Waals surface area contributed by atoms with Crippen molar-refractivity contribution in [3.8, 4) is 23.0 Å². The summed E-state index contributed by atoms with van der Waals surface area (Å²) >= 11 is 36.5. The third-order valence-corrected chi connectivity index (χ3v) is 16.1. The maximum Gasteiger partial charge on any atom is -1.00 e. The Bertz CT molecular complexity index is 2800. The van der Waals surface area contributed by atoms with Crippen LogP contribution in [0.3, 0.4) is 0 Å². The fraction of sp³-hybridized carbons (Fsp3) is 0.429. The van der Waals surface area contributed by atoms with Crippen LogP contribution in [0.5, 0.6) is 23.0 Å². The molecule has 0 aliphatic rings. The molecule has 8 unspecified atom stereocenters. The van der Waals surface area contributed by atoms with E-state index in [4.69, 9.17) is 83.0 Å². The molecule has 8 aromatic rings. The average molecular weight is 1890 g/mol. The SMILES string of the molecule is CC(C)(C)C(O)[C]([Cu+2])(Oc1ccc(Br)cc1)c1nc[nH]n1.CC(C)(C)C(O)[C]([Cu+2])(Oc1ccc(Br)cc1)c1nc[nH]n1.CC(C)(C)C(O)[C]([Cu+2])(Oc1ccc(Br)cc1)c1nc[nH]n1.CC(C)(C)C(O)[C]([Cu+2])(Oc1ccc(Br)cc1)c1nc[nH]n1.[Cl-].[Cl-].[Cl-].[Cl-].[Cl-].[Cl-].[Cl-].[Cl-]. The summed E-state index contributed by atoms with van der Waals surface area (Å²) in [6.45, 7) is 22.6. The summed E-state index contributed by atoms with van der Waals surface area (Å²) in [6, 6.07) is 28.8. The number of halogens is 12. The first-order chi connectivity index (χ1) is 38.9. The molecule has 0 spiro atoms. The molecule has 36 heteroatoms. The molecule has 8 atom stereocenters. The number of benzene rings is 4. The number of H-pyrrole nitrogens is 4. The van der Waals surface area contributed by atoms with Gasteiger partial charge in [-0.15, -0.1) is 0 Å². The van der Waals surface area contributed by atoms with Gasteiger partial charge in [0.25, 0.3) is 0 Å². The zero-order valence-electron chi connectivity index (χ0n) is 50.6. The number of nitrogens with zero attached hydrogens (tertiary/aromatic N) is 8. The van der Waals surface area contributed by atoms with Gasteiger partial charge in [0.15, 0.2) is 0 Å². The molecule has 4 aromatic heterocycles. The van der Waals surface area contributed by atoms with Gasteiger partial charge >= 0.3 is 562 Å². The van der Waals surface area contributed by atoms with Crippen LogP contribution in [-0.2, 0) is 82.0 Å². The smallest absolute Gasteiger partial charge is 1.00 e. The van der Waals surface area contributed by atoms with Crippen LogP contribution in [0.15, 0.2) is 140 Å². The van der Waals surface area contributed by atoms with Crippen LogP contribution >= 0.6 is 63.7 Å². The van der Waals surface area contributed by atoms with Gasteiger partial charge in [-0.05, 0) is 0 Å². The van der Waals surface area contributed by atoms with Gasteiger partial charge in [-0.3, -0.25) is 0 Å². The average Bonchev–Trinajstić information content (AvgIpc) is 1.59. The van der Waals surface area contributed by atoms with Crippen molar-refractivity contribution in [2.75, 3.05) is 0 Å². The molecular weight excluding hydrogens is 1830 g/mol. The van der Waals surface area contributed by atoms with Crippen LogP contribution in [0.4, 0.5) is 0 Å². The molecular formula is C56H68Br4Cl8Cu4N12O8. The standard InChI is InChI=1S/4C14H17BrN3O2.8ClH.4Cu/c4*1-14(2,3)12(19)11(13-16-8-17-18-13)20-10-6-4-9(15)5-7-10;;;;;;;;;;;;/h4*4-8,12,19H,1-3H3,(H,16,17,18);8*1H;;;;/q;;;;;;;;;;;;4*+2/p-8. The molecule has 0 saturated carbocycles. The topological polar surface area (TPSA) is 284 Å². The van der Waals surface area contributed by atoms with Crippen molar-refractivity contribution >= 4 is 63.7 Å². The van der Waals surface area contributed by atoms with Crippen LogP contribution in [0.25, 0.3) is 0 Å². The summed E-state index contributed by atoms with van der Waals surface area (Å²) in [5.74, 6) is 3.07. The minimum Gasteiger partial charge on any atom is -1.00 e. The molecule has 8 N–H and O–H groups in total. The molecule has 0 fully saturated rings. The van der Waals surface area contributed by atoms with Crippen LogP contribution in [0.1, 0.15) is 106 Å². The maximum atomic E-state index is 10.7. The predicted octanol–water partition coefficient (Wildman–Crippen LogP) is -13.0. The van der Waals surface area contributed by atoms with E-state index in [1.54, 1.807) is 48.5 Å². The van der Waals surface area contributed by atoms with E-state index < -0.39 is 64.1 Å². The van der Waals surface area contributed by atoms with E-state index in [1.807, 2.05) is 132 Å².